The van der Waals surface area contributed by atoms with Crippen LogP contribution < -0.4 is 0 Å². The van der Waals surface area contributed by atoms with E-state index in [1.54, 1.807) is 13.0 Å². The summed E-state index contributed by atoms with van der Waals surface area (Å²) in [7, 11) is 0. The highest BCUT2D eigenvalue weighted by molar-refractivity contribution is 6.30. The third kappa shape index (κ3) is 2.92. The maximum absolute atomic E-state index is 12.0. The lowest BCUT2D eigenvalue weighted by atomic mass is 10.1. The summed E-state index contributed by atoms with van der Waals surface area (Å²) in [6.07, 6.45) is 2.40. The number of fused-ring (bicyclic) bond motifs is 1. The summed E-state index contributed by atoms with van der Waals surface area (Å²) in [5, 5.41) is 4.49. The molecule has 0 amide bonds. The minimum absolute atomic E-state index is 0.294. The lowest BCUT2D eigenvalue weighted by molar-refractivity contribution is 0.0528. The van der Waals surface area contributed by atoms with Gasteiger partial charge in [-0.3, -0.25) is 0 Å². The average molecular weight is 330 g/mol. The summed E-state index contributed by atoms with van der Waals surface area (Å²) in [6.45, 7) is 4.15. The second-order valence-electron chi connectivity index (χ2n) is 5.03. The molecular formula is C17H16ClN3O2. The monoisotopic (exact) mass is 329 g/mol. The van der Waals surface area contributed by atoms with E-state index < -0.39 is 5.97 Å². The molecule has 0 N–H and O–H groups in total. The van der Waals surface area contributed by atoms with Gasteiger partial charge in [-0.25, -0.2) is 14.3 Å². The number of esters is 1. The van der Waals surface area contributed by atoms with Crippen LogP contribution in [0.2, 0.25) is 5.15 Å². The number of carbonyl (C=O) groups is 1. The molecule has 0 saturated heterocycles. The largest absolute Gasteiger partial charge is 0.462 e. The van der Waals surface area contributed by atoms with Gasteiger partial charge in [-0.1, -0.05) is 42.8 Å². The summed E-state index contributed by atoms with van der Waals surface area (Å²) in [6, 6.07) is 9.83. The van der Waals surface area contributed by atoms with Crippen LogP contribution in [0.4, 0.5) is 0 Å². The molecule has 118 valence electrons. The predicted molar refractivity (Wildman–Crippen MR) is 88.8 cm³/mol. The van der Waals surface area contributed by atoms with Gasteiger partial charge < -0.3 is 4.74 Å². The maximum Gasteiger partial charge on any atom is 0.343 e. The van der Waals surface area contributed by atoms with Crippen LogP contribution in [-0.2, 0) is 11.2 Å². The Bertz CT molecular complexity index is 856. The number of hydrogen-bond acceptors (Lipinski definition) is 4. The van der Waals surface area contributed by atoms with Gasteiger partial charge in [0.25, 0.3) is 0 Å². The zero-order valence-electron chi connectivity index (χ0n) is 12.9. The molecule has 2 aromatic heterocycles. The SMILES string of the molecule is CCOC(=O)c1cnn2c(Cl)cc(-c3ccc(CC)cc3)nc12. The molecule has 1 aromatic carbocycles. The first kappa shape index (κ1) is 15.5. The Morgan fingerprint density at radius 1 is 1.26 bits per heavy atom. The highest BCUT2D eigenvalue weighted by atomic mass is 35.5. The Hall–Kier alpha value is -2.40. The Morgan fingerprint density at radius 3 is 2.65 bits per heavy atom. The van der Waals surface area contributed by atoms with Gasteiger partial charge in [0.1, 0.15) is 10.7 Å². The van der Waals surface area contributed by atoms with Crippen LogP contribution in [0.3, 0.4) is 0 Å². The van der Waals surface area contributed by atoms with Crippen molar-refractivity contribution >= 4 is 23.2 Å². The molecule has 0 saturated carbocycles. The molecule has 0 aliphatic carbocycles. The number of hydrogen-bond donors (Lipinski definition) is 0. The fourth-order valence-corrected chi connectivity index (χ4v) is 2.57. The molecule has 0 atom stereocenters. The number of ether oxygens (including phenoxy) is 1. The van der Waals surface area contributed by atoms with E-state index in [-0.39, 0.29) is 0 Å². The van der Waals surface area contributed by atoms with Crippen molar-refractivity contribution < 1.29 is 9.53 Å². The first-order valence-corrected chi connectivity index (χ1v) is 7.82. The van der Waals surface area contributed by atoms with E-state index in [0.717, 1.165) is 12.0 Å². The van der Waals surface area contributed by atoms with Gasteiger partial charge in [-0.05, 0) is 18.9 Å². The molecule has 0 spiro atoms. The van der Waals surface area contributed by atoms with Crippen molar-refractivity contribution in [2.24, 2.45) is 0 Å². The number of aryl methyl sites for hydroxylation is 1. The minimum atomic E-state index is -0.454. The van der Waals surface area contributed by atoms with Crippen LogP contribution in [0.15, 0.2) is 36.5 Å². The number of nitrogens with zero attached hydrogens (tertiary/aromatic N) is 3. The third-order valence-electron chi connectivity index (χ3n) is 3.58. The van der Waals surface area contributed by atoms with Crippen LogP contribution >= 0.6 is 11.6 Å². The number of benzene rings is 1. The van der Waals surface area contributed by atoms with E-state index in [2.05, 4.69) is 29.1 Å². The third-order valence-corrected chi connectivity index (χ3v) is 3.85. The Morgan fingerprint density at radius 2 is 2.00 bits per heavy atom. The van der Waals surface area contributed by atoms with Crippen LogP contribution in [0.1, 0.15) is 29.8 Å². The van der Waals surface area contributed by atoms with Gasteiger partial charge in [0, 0.05) is 11.6 Å². The topological polar surface area (TPSA) is 56.5 Å². The van der Waals surface area contributed by atoms with Gasteiger partial charge in [0.05, 0.1) is 18.5 Å². The first-order chi connectivity index (χ1) is 11.1. The highest BCUT2D eigenvalue weighted by Crippen LogP contribution is 2.24. The molecule has 23 heavy (non-hydrogen) atoms. The van der Waals surface area contributed by atoms with E-state index in [1.807, 2.05) is 12.1 Å². The maximum atomic E-state index is 12.0. The van der Waals surface area contributed by atoms with Crippen LogP contribution in [0, 0.1) is 0 Å². The molecule has 0 aliphatic heterocycles. The molecule has 5 nitrogen and oxygen atoms in total. The summed E-state index contributed by atoms with van der Waals surface area (Å²) in [5.74, 6) is -0.454. The molecule has 0 aliphatic rings. The first-order valence-electron chi connectivity index (χ1n) is 7.44. The van der Waals surface area contributed by atoms with Crippen molar-refractivity contribution in [2.45, 2.75) is 20.3 Å². The normalized spacial score (nSPS) is 10.9. The van der Waals surface area contributed by atoms with E-state index >= 15 is 0 Å². The molecule has 0 unspecified atom stereocenters. The van der Waals surface area contributed by atoms with Gasteiger partial charge in [-0.15, -0.1) is 0 Å². The molecule has 2 heterocycles. The average Bonchev–Trinajstić information content (AvgIpc) is 3.00. The summed E-state index contributed by atoms with van der Waals surface area (Å²) < 4.78 is 6.46. The van der Waals surface area contributed by atoms with E-state index in [9.17, 15) is 4.79 Å². The van der Waals surface area contributed by atoms with Crippen LogP contribution in [-0.4, -0.2) is 27.2 Å². The Balaban J connectivity index is 2.11. The summed E-state index contributed by atoms with van der Waals surface area (Å²) in [5.41, 5.74) is 3.57. The molecule has 0 bridgehead atoms. The van der Waals surface area contributed by atoms with E-state index in [1.165, 1.54) is 16.3 Å². The lowest BCUT2D eigenvalue weighted by Gasteiger charge is -2.06. The predicted octanol–water partition coefficient (Wildman–Crippen LogP) is 3.79. The minimum Gasteiger partial charge on any atom is -0.462 e. The van der Waals surface area contributed by atoms with Crippen molar-refractivity contribution in [3.63, 3.8) is 0 Å². The summed E-state index contributed by atoms with van der Waals surface area (Å²) in [4.78, 5) is 16.5. The number of halogens is 1. The molecular weight excluding hydrogens is 314 g/mol. The number of rotatable bonds is 4. The molecule has 6 heteroatoms. The van der Waals surface area contributed by atoms with E-state index in [4.69, 9.17) is 16.3 Å². The van der Waals surface area contributed by atoms with Crippen molar-refractivity contribution in [3.8, 4) is 11.3 Å². The lowest BCUT2D eigenvalue weighted by Crippen LogP contribution is -2.05. The van der Waals surface area contributed by atoms with Crippen LogP contribution in [0.5, 0.6) is 0 Å². The van der Waals surface area contributed by atoms with Gasteiger partial charge in [0.15, 0.2) is 5.65 Å². The zero-order valence-corrected chi connectivity index (χ0v) is 13.7. The molecule has 0 radical (unpaired) electrons. The molecule has 3 rings (SSSR count). The standard InChI is InChI=1S/C17H16ClN3O2/c1-3-11-5-7-12(8-6-11)14-9-15(18)21-16(20-14)13(10-19-21)17(22)23-4-2/h5-10H,3-4H2,1-2H3. The second-order valence-corrected chi connectivity index (χ2v) is 5.42. The zero-order chi connectivity index (χ0) is 16.4. The van der Waals surface area contributed by atoms with Crippen molar-refractivity contribution in [1.29, 1.82) is 0 Å². The Kier molecular flexibility index (Phi) is 4.30. The summed E-state index contributed by atoms with van der Waals surface area (Å²) >= 11 is 6.27. The Labute approximate surface area is 138 Å². The molecule has 3 aromatic rings. The second kappa shape index (κ2) is 6.38. The van der Waals surface area contributed by atoms with Crippen molar-refractivity contribution in [3.05, 3.63) is 52.8 Å². The fraction of sp³-hybridized carbons (Fsp3) is 0.235. The van der Waals surface area contributed by atoms with Gasteiger partial charge in [-0.2, -0.15) is 5.10 Å². The number of carbonyl (C=O) groups excluding carboxylic acids is 1. The van der Waals surface area contributed by atoms with Gasteiger partial charge in [0.2, 0.25) is 0 Å². The van der Waals surface area contributed by atoms with Crippen LogP contribution in [0.25, 0.3) is 16.9 Å². The van der Waals surface area contributed by atoms with Crippen molar-refractivity contribution in [2.75, 3.05) is 6.61 Å². The highest BCUT2D eigenvalue weighted by Gasteiger charge is 2.17. The van der Waals surface area contributed by atoms with Crippen molar-refractivity contribution in [1.82, 2.24) is 14.6 Å². The van der Waals surface area contributed by atoms with E-state index in [0.29, 0.717) is 28.7 Å². The molecule has 0 fully saturated rings. The smallest absolute Gasteiger partial charge is 0.343 e. The number of aromatic nitrogens is 3. The fourth-order valence-electron chi connectivity index (χ4n) is 2.34. The quantitative estimate of drug-likeness (QED) is 0.540. The van der Waals surface area contributed by atoms with Gasteiger partial charge >= 0.3 is 5.97 Å².